The number of H-pyrrole nitrogens is 1. The van der Waals surface area contributed by atoms with E-state index in [0.717, 1.165) is 25.1 Å². The zero-order valence-corrected chi connectivity index (χ0v) is 14.5. The number of carbonyl (C=O) groups is 1. The van der Waals surface area contributed by atoms with E-state index in [2.05, 4.69) is 15.3 Å². The molecule has 2 rings (SSSR count). The molecule has 7 heteroatoms. The molecule has 2 heterocycles. The van der Waals surface area contributed by atoms with Crippen LogP contribution in [0.25, 0.3) is 0 Å². The highest BCUT2D eigenvalue weighted by atomic mass is 16.6. The third-order valence-corrected chi connectivity index (χ3v) is 3.82. The fraction of sp³-hybridized carbons (Fsp3) is 0.688. The van der Waals surface area contributed by atoms with Crippen molar-refractivity contribution < 1.29 is 9.53 Å². The molecule has 1 aromatic rings. The van der Waals surface area contributed by atoms with Crippen LogP contribution in [0.1, 0.15) is 44.9 Å². The van der Waals surface area contributed by atoms with Crippen LogP contribution in [0.15, 0.2) is 4.79 Å². The lowest BCUT2D eigenvalue weighted by Gasteiger charge is -2.34. The van der Waals surface area contributed by atoms with Crippen LogP contribution in [0.3, 0.4) is 0 Å². The summed E-state index contributed by atoms with van der Waals surface area (Å²) in [4.78, 5) is 33.1. The Kier molecular flexibility index (Phi) is 4.97. The first kappa shape index (κ1) is 17.3. The summed E-state index contributed by atoms with van der Waals surface area (Å²) in [6, 6.07) is -0.0227. The number of piperidine rings is 1. The number of ether oxygens (including phenoxy) is 1. The molecule has 1 amide bonds. The molecule has 1 fully saturated rings. The van der Waals surface area contributed by atoms with E-state index in [9.17, 15) is 9.59 Å². The topological polar surface area (TPSA) is 87.3 Å². The van der Waals surface area contributed by atoms with E-state index in [0.29, 0.717) is 18.1 Å². The zero-order chi connectivity index (χ0) is 17.2. The molecular formula is C16H26N4O3. The number of nitrogens with zero attached hydrogens (tertiary/aromatic N) is 2. The minimum atomic E-state index is -0.515. The average molecular weight is 322 g/mol. The van der Waals surface area contributed by atoms with Crippen LogP contribution in [0.4, 0.5) is 10.7 Å². The Morgan fingerprint density at radius 3 is 2.70 bits per heavy atom. The van der Waals surface area contributed by atoms with Crippen LogP contribution in [0.2, 0.25) is 0 Å². The van der Waals surface area contributed by atoms with Gasteiger partial charge in [-0.15, -0.1) is 0 Å². The molecule has 0 spiro atoms. The number of carbonyl (C=O) groups excluding carboxylic acids is 1. The van der Waals surface area contributed by atoms with Gasteiger partial charge in [0.25, 0.3) is 5.56 Å². The van der Waals surface area contributed by atoms with Gasteiger partial charge in [-0.25, -0.2) is 9.78 Å². The van der Waals surface area contributed by atoms with Crippen LogP contribution < -0.4 is 15.8 Å². The van der Waals surface area contributed by atoms with Crippen LogP contribution >= 0.6 is 0 Å². The van der Waals surface area contributed by atoms with E-state index in [1.165, 1.54) is 0 Å². The van der Waals surface area contributed by atoms with Crippen LogP contribution in [-0.4, -0.2) is 40.8 Å². The van der Waals surface area contributed by atoms with E-state index >= 15 is 0 Å². The van der Waals surface area contributed by atoms with Gasteiger partial charge in [-0.1, -0.05) is 0 Å². The van der Waals surface area contributed by atoms with Crippen LogP contribution in [-0.2, 0) is 4.74 Å². The van der Waals surface area contributed by atoms with Crippen LogP contribution in [0.5, 0.6) is 0 Å². The average Bonchev–Trinajstić information content (AvgIpc) is 2.42. The number of hydrogen-bond donors (Lipinski definition) is 2. The molecule has 0 saturated carbocycles. The van der Waals surface area contributed by atoms with Gasteiger partial charge in [0, 0.05) is 30.4 Å². The molecule has 1 aliphatic rings. The molecule has 128 valence electrons. The Labute approximate surface area is 136 Å². The van der Waals surface area contributed by atoms with Crippen molar-refractivity contribution >= 4 is 12.0 Å². The minimum absolute atomic E-state index is 0.0227. The van der Waals surface area contributed by atoms with Crippen molar-refractivity contribution in [2.45, 2.75) is 59.1 Å². The summed E-state index contributed by atoms with van der Waals surface area (Å²) < 4.78 is 5.29. The van der Waals surface area contributed by atoms with E-state index in [-0.39, 0.29) is 11.6 Å². The molecule has 23 heavy (non-hydrogen) atoms. The number of amides is 1. The predicted molar refractivity (Wildman–Crippen MR) is 88.9 cm³/mol. The maximum atomic E-state index is 11.9. The third kappa shape index (κ3) is 4.71. The molecule has 0 aromatic carbocycles. The van der Waals surface area contributed by atoms with Crippen molar-refractivity contribution in [3.63, 3.8) is 0 Å². The van der Waals surface area contributed by atoms with Gasteiger partial charge < -0.3 is 15.0 Å². The number of anilines is 1. The quantitative estimate of drug-likeness (QED) is 0.868. The van der Waals surface area contributed by atoms with Crippen molar-refractivity contribution in [3.05, 3.63) is 21.6 Å². The molecule has 1 atom stereocenters. The summed E-state index contributed by atoms with van der Waals surface area (Å²) in [6.07, 6.45) is 1.38. The van der Waals surface area contributed by atoms with Crippen molar-refractivity contribution in [1.29, 1.82) is 0 Å². The number of aromatic amines is 1. The molecule has 1 aliphatic heterocycles. The van der Waals surface area contributed by atoms with Gasteiger partial charge in [0.2, 0.25) is 5.95 Å². The monoisotopic (exact) mass is 322 g/mol. The lowest BCUT2D eigenvalue weighted by atomic mass is 10.1. The fourth-order valence-electron chi connectivity index (χ4n) is 2.54. The Morgan fingerprint density at radius 2 is 2.09 bits per heavy atom. The molecule has 0 radical (unpaired) electrons. The second kappa shape index (κ2) is 6.60. The molecule has 7 nitrogen and oxygen atoms in total. The fourth-order valence-corrected chi connectivity index (χ4v) is 2.54. The van der Waals surface area contributed by atoms with Gasteiger partial charge in [-0.3, -0.25) is 9.78 Å². The van der Waals surface area contributed by atoms with E-state index in [4.69, 9.17) is 4.74 Å². The summed E-state index contributed by atoms with van der Waals surface area (Å²) in [7, 11) is 0. The lowest BCUT2D eigenvalue weighted by molar-refractivity contribution is 0.0500. The Hall–Kier alpha value is -2.05. The highest BCUT2D eigenvalue weighted by Crippen LogP contribution is 2.16. The number of aryl methyl sites for hydroxylation is 1. The Morgan fingerprint density at radius 1 is 1.39 bits per heavy atom. The second-order valence-corrected chi connectivity index (χ2v) is 7.03. The van der Waals surface area contributed by atoms with Gasteiger partial charge in [0.05, 0.1) is 0 Å². The summed E-state index contributed by atoms with van der Waals surface area (Å²) in [5, 5.41) is 2.89. The Bertz CT molecular complexity index is 633. The standard InChI is InChI=1S/C16H26N4O3/c1-10-11(2)17-14(19-13(10)21)20-8-6-7-12(9-20)18-15(22)23-16(3,4)5/h12H,6-9H2,1-5H3,(H,18,22)(H,17,19,21). The molecular weight excluding hydrogens is 296 g/mol. The number of hydrogen-bond acceptors (Lipinski definition) is 5. The van der Waals surface area contributed by atoms with E-state index < -0.39 is 11.7 Å². The maximum absolute atomic E-state index is 11.9. The molecule has 2 N–H and O–H groups in total. The Balaban J connectivity index is 2.04. The largest absolute Gasteiger partial charge is 0.444 e. The molecule has 0 bridgehead atoms. The number of rotatable bonds is 2. The second-order valence-electron chi connectivity index (χ2n) is 7.03. The van der Waals surface area contributed by atoms with Crippen molar-refractivity contribution in [2.24, 2.45) is 0 Å². The smallest absolute Gasteiger partial charge is 0.407 e. The number of aromatic nitrogens is 2. The van der Waals surface area contributed by atoms with Crippen molar-refractivity contribution in [2.75, 3.05) is 18.0 Å². The maximum Gasteiger partial charge on any atom is 0.407 e. The predicted octanol–water partition coefficient (Wildman–Crippen LogP) is 1.88. The third-order valence-electron chi connectivity index (χ3n) is 3.82. The van der Waals surface area contributed by atoms with Gasteiger partial charge in [-0.2, -0.15) is 0 Å². The van der Waals surface area contributed by atoms with Gasteiger partial charge in [0.15, 0.2) is 0 Å². The van der Waals surface area contributed by atoms with Crippen LogP contribution in [0, 0.1) is 13.8 Å². The van der Waals surface area contributed by atoms with Crippen molar-refractivity contribution in [3.8, 4) is 0 Å². The van der Waals surface area contributed by atoms with Gasteiger partial charge in [-0.05, 0) is 47.5 Å². The molecule has 1 aromatic heterocycles. The SMILES string of the molecule is Cc1nc(N2CCCC(NC(=O)OC(C)(C)C)C2)[nH]c(=O)c1C. The number of nitrogens with one attached hydrogen (secondary N) is 2. The minimum Gasteiger partial charge on any atom is -0.444 e. The normalized spacial score (nSPS) is 18.7. The molecule has 1 unspecified atom stereocenters. The highest BCUT2D eigenvalue weighted by molar-refractivity contribution is 5.68. The van der Waals surface area contributed by atoms with E-state index in [1.807, 2.05) is 32.6 Å². The van der Waals surface area contributed by atoms with E-state index in [1.54, 1.807) is 6.92 Å². The van der Waals surface area contributed by atoms with Gasteiger partial charge in [0.1, 0.15) is 5.60 Å². The summed E-state index contributed by atoms with van der Waals surface area (Å²) >= 11 is 0. The summed E-state index contributed by atoms with van der Waals surface area (Å²) in [6.45, 7) is 10.5. The highest BCUT2D eigenvalue weighted by Gasteiger charge is 2.25. The first-order valence-electron chi connectivity index (χ1n) is 7.97. The first-order valence-corrected chi connectivity index (χ1v) is 7.97. The summed E-state index contributed by atoms with van der Waals surface area (Å²) in [5.41, 5.74) is 0.731. The van der Waals surface area contributed by atoms with Crippen molar-refractivity contribution in [1.82, 2.24) is 15.3 Å². The lowest BCUT2D eigenvalue weighted by Crippen LogP contribution is -2.49. The number of alkyl carbamates (subject to hydrolysis) is 1. The van der Waals surface area contributed by atoms with Gasteiger partial charge >= 0.3 is 6.09 Å². The first-order chi connectivity index (χ1) is 10.7. The zero-order valence-electron chi connectivity index (χ0n) is 14.5. The molecule has 0 aliphatic carbocycles. The summed E-state index contributed by atoms with van der Waals surface area (Å²) in [5.74, 6) is 0.564. The molecule has 1 saturated heterocycles.